The van der Waals surface area contributed by atoms with Crippen molar-refractivity contribution in [2.75, 3.05) is 11.1 Å². The Kier molecular flexibility index (Phi) is 6.53. The van der Waals surface area contributed by atoms with Crippen LogP contribution in [0.15, 0.2) is 58.5 Å². The highest BCUT2D eigenvalue weighted by atomic mass is 35.5. The summed E-state index contributed by atoms with van der Waals surface area (Å²) in [5.41, 5.74) is 3.10. The zero-order chi connectivity index (χ0) is 23.6. The third-order valence-corrected chi connectivity index (χ3v) is 6.13. The summed E-state index contributed by atoms with van der Waals surface area (Å²) in [5, 5.41) is 16.3. The van der Waals surface area contributed by atoms with Crippen LogP contribution in [0.5, 0.6) is 0 Å². The Hall–Kier alpha value is -3.17. The molecule has 1 N–H and O–H groups in total. The quantitative estimate of drug-likeness (QED) is 0.372. The molecule has 2 heterocycles. The number of nitrogens with one attached hydrogen (secondary N) is 1. The molecular weight excluding hydrogens is 460 g/mol. The van der Waals surface area contributed by atoms with Crippen molar-refractivity contribution in [1.82, 2.24) is 24.9 Å². The topological polar surface area (TPSA) is 98.7 Å². The molecule has 0 aliphatic rings. The van der Waals surface area contributed by atoms with Crippen molar-refractivity contribution in [1.29, 1.82) is 0 Å². The van der Waals surface area contributed by atoms with Gasteiger partial charge in [-0.25, -0.2) is 0 Å². The number of amides is 1. The second-order valence-corrected chi connectivity index (χ2v) is 9.85. The lowest BCUT2D eigenvalue weighted by molar-refractivity contribution is -0.113. The standard InChI is InChI=1S/C23H23ClN6O2S/c1-14-5-10-17(11-18(14)24)30-13-25-28-22(30)33-12-19(31)26-16-8-6-15(7-9-16)20-27-21(32-29-20)23(2,3)4/h5-11,13H,12H2,1-4H3,(H,26,31). The summed E-state index contributed by atoms with van der Waals surface area (Å²) >= 11 is 7.53. The van der Waals surface area contributed by atoms with E-state index in [2.05, 4.69) is 25.7 Å². The largest absolute Gasteiger partial charge is 0.338 e. The van der Waals surface area contributed by atoms with Crippen molar-refractivity contribution < 1.29 is 9.32 Å². The van der Waals surface area contributed by atoms with E-state index in [4.69, 9.17) is 16.1 Å². The molecule has 0 bridgehead atoms. The number of carbonyl (C=O) groups is 1. The fraction of sp³-hybridized carbons (Fsp3) is 0.261. The summed E-state index contributed by atoms with van der Waals surface area (Å²) in [5.74, 6) is 1.12. The second kappa shape index (κ2) is 9.36. The number of hydrogen-bond donors (Lipinski definition) is 1. The Morgan fingerprint density at radius 1 is 1.18 bits per heavy atom. The maximum Gasteiger partial charge on any atom is 0.234 e. The zero-order valence-corrected chi connectivity index (χ0v) is 20.2. The molecular formula is C23H23ClN6O2S. The van der Waals surface area contributed by atoms with Gasteiger partial charge in [-0.15, -0.1) is 10.2 Å². The van der Waals surface area contributed by atoms with Gasteiger partial charge in [0, 0.05) is 21.7 Å². The van der Waals surface area contributed by atoms with Gasteiger partial charge in [0.2, 0.25) is 17.6 Å². The van der Waals surface area contributed by atoms with Crippen molar-refractivity contribution in [3.8, 4) is 17.1 Å². The minimum Gasteiger partial charge on any atom is -0.338 e. The van der Waals surface area contributed by atoms with Crippen LogP contribution >= 0.6 is 23.4 Å². The van der Waals surface area contributed by atoms with E-state index in [9.17, 15) is 4.79 Å². The first kappa shape index (κ1) is 23.0. The Balaban J connectivity index is 1.37. The van der Waals surface area contributed by atoms with Crippen molar-refractivity contribution in [3.05, 3.63) is 65.3 Å². The fourth-order valence-electron chi connectivity index (χ4n) is 2.91. The van der Waals surface area contributed by atoms with Crippen LogP contribution in [-0.4, -0.2) is 36.6 Å². The molecule has 0 saturated heterocycles. The van der Waals surface area contributed by atoms with Crippen LogP contribution in [0.25, 0.3) is 17.1 Å². The van der Waals surface area contributed by atoms with E-state index >= 15 is 0 Å². The molecule has 170 valence electrons. The van der Waals surface area contributed by atoms with Gasteiger partial charge in [-0.1, -0.05) is 55.4 Å². The first-order chi connectivity index (χ1) is 15.7. The van der Waals surface area contributed by atoms with E-state index < -0.39 is 0 Å². The Morgan fingerprint density at radius 2 is 1.94 bits per heavy atom. The Morgan fingerprint density at radius 3 is 2.61 bits per heavy atom. The van der Waals surface area contributed by atoms with Crippen LogP contribution < -0.4 is 5.32 Å². The Labute approximate surface area is 200 Å². The number of thioether (sulfide) groups is 1. The van der Waals surface area contributed by atoms with Crippen molar-refractivity contribution in [2.45, 2.75) is 38.3 Å². The summed E-state index contributed by atoms with van der Waals surface area (Å²) < 4.78 is 7.15. The molecule has 0 aliphatic carbocycles. The van der Waals surface area contributed by atoms with Gasteiger partial charge < -0.3 is 9.84 Å². The molecule has 4 aromatic rings. The molecule has 0 unspecified atom stereocenters. The van der Waals surface area contributed by atoms with E-state index in [-0.39, 0.29) is 17.1 Å². The molecule has 2 aromatic carbocycles. The van der Waals surface area contributed by atoms with Crippen LogP contribution in [0.3, 0.4) is 0 Å². The molecule has 0 radical (unpaired) electrons. The minimum atomic E-state index is -0.215. The lowest BCUT2D eigenvalue weighted by Crippen LogP contribution is -2.14. The predicted molar refractivity (Wildman–Crippen MR) is 129 cm³/mol. The van der Waals surface area contributed by atoms with Crippen LogP contribution in [-0.2, 0) is 10.2 Å². The first-order valence-electron chi connectivity index (χ1n) is 10.2. The van der Waals surface area contributed by atoms with Gasteiger partial charge in [0.1, 0.15) is 6.33 Å². The van der Waals surface area contributed by atoms with Crippen molar-refractivity contribution in [2.24, 2.45) is 0 Å². The normalized spacial score (nSPS) is 11.5. The lowest BCUT2D eigenvalue weighted by Gasteiger charge is -2.10. The van der Waals surface area contributed by atoms with E-state index in [1.807, 2.05) is 70.2 Å². The van der Waals surface area contributed by atoms with Crippen LogP contribution in [0, 0.1) is 6.92 Å². The highest BCUT2D eigenvalue weighted by Crippen LogP contribution is 2.26. The molecule has 10 heteroatoms. The Bertz CT molecular complexity index is 1280. The SMILES string of the molecule is Cc1ccc(-n2cnnc2SCC(=O)Nc2ccc(-c3noc(C(C)(C)C)n3)cc2)cc1Cl. The number of aryl methyl sites for hydroxylation is 1. The molecule has 0 saturated carbocycles. The smallest absolute Gasteiger partial charge is 0.234 e. The molecule has 2 aromatic heterocycles. The third-order valence-electron chi connectivity index (χ3n) is 4.78. The monoisotopic (exact) mass is 482 g/mol. The molecule has 0 spiro atoms. The van der Waals surface area contributed by atoms with E-state index in [1.54, 1.807) is 10.9 Å². The number of rotatable bonds is 6. The number of nitrogens with zero attached hydrogens (tertiary/aromatic N) is 5. The summed E-state index contributed by atoms with van der Waals surface area (Å²) in [4.78, 5) is 16.9. The second-order valence-electron chi connectivity index (χ2n) is 8.50. The molecule has 4 rings (SSSR count). The van der Waals surface area contributed by atoms with E-state index in [0.29, 0.717) is 27.6 Å². The third kappa shape index (κ3) is 5.43. The van der Waals surface area contributed by atoms with Gasteiger partial charge in [-0.2, -0.15) is 4.98 Å². The summed E-state index contributed by atoms with van der Waals surface area (Å²) in [6.45, 7) is 7.98. The molecule has 1 amide bonds. The first-order valence-corrected chi connectivity index (χ1v) is 11.6. The number of carbonyl (C=O) groups excluding carboxylic acids is 1. The van der Waals surface area contributed by atoms with Gasteiger partial charge in [0.25, 0.3) is 0 Å². The average Bonchev–Trinajstić information content (AvgIpc) is 3.44. The zero-order valence-electron chi connectivity index (χ0n) is 18.7. The van der Waals surface area contributed by atoms with Gasteiger partial charge in [0.05, 0.1) is 11.4 Å². The number of halogens is 1. The van der Waals surface area contributed by atoms with E-state index in [1.165, 1.54) is 11.8 Å². The van der Waals surface area contributed by atoms with E-state index in [0.717, 1.165) is 16.8 Å². The number of hydrogen-bond acceptors (Lipinski definition) is 7. The highest BCUT2D eigenvalue weighted by Gasteiger charge is 2.22. The molecule has 8 nitrogen and oxygen atoms in total. The maximum absolute atomic E-state index is 12.5. The van der Waals surface area contributed by atoms with Gasteiger partial charge in [0.15, 0.2) is 5.16 Å². The fourth-order valence-corrected chi connectivity index (χ4v) is 3.81. The average molecular weight is 483 g/mol. The summed E-state index contributed by atoms with van der Waals surface area (Å²) in [6, 6.07) is 13.0. The molecule has 0 fully saturated rings. The van der Waals surface area contributed by atoms with Crippen molar-refractivity contribution >= 4 is 35.0 Å². The van der Waals surface area contributed by atoms with Crippen molar-refractivity contribution in [3.63, 3.8) is 0 Å². The minimum absolute atomic E-state index is 0.154. The number of anilines is 1. The predicted octanol–water partition coefficient (Wildman–Crippen LogP) is 5.31. The maximum atomic E-state index is 12.5. The number of aromatic nitrogens is 5. The molecule has 0 aliphatic heterocycles. The van der Waals surface area contributed by atoms with Crippen LogP contribution in [0.2, 0.25) is 5.02 Å². The summed E-state index contributed by atoms with van der Waals surface area (Å²) in [7, 11) is 0. The van der Waals surface area contributed by atoms with Crippen LogP contribution in [0.1, 0.15) is 32.2 Å². The van der Waals surface area contributed by atoms with Gasteiger partial charge >= 0.3 is 0 Å². The molecule has 33 heavy (non-hydrogen) atoms. The lowest BCUT2D eigenvalue weighted by atomic mass is 9.97. The van der Waals surface area contributed by atoms with Crippen LogP contribution in [0.4, 0.5) is 5.69 Å². The van der Waals surface area contributed by atoms with Gasteiger partial charge in [-0.3, -0.25) is 9.36 Å². The van der Waals surface area contributed by atoms with Gasteiger partial charge in [-0.05, 0) is 48.9 Å². The number of benzene rings is 2. The summed E-state index contributed by atoms with van der Waals surface area (Å²) in [6.07, 6.45) is 1.60. The molecule has 0 atom stereocenters. The highest BCUT2D eigenvalue weighted by molar-refractivity contribution is 7.99.